The van der Waals surface area contributed by atoms with Gasteiger partial charge >= 0.3 is 0 Å². The van der Waals surface area contributed by atoms with Crippen molar-refractivity contribution < 1.29 is 4.79 Å². The Morgan fingerprint density at radius 3 is 3.14 bits per heavy atom. The Balaban J connectivity index is 1.84. The maximum atomic E-state index is 11.6. The summed E-state index contributed by atoms with van der Waals surface area (Å²) in [6.45, 7) is 0.0480. The molecule has 0 fully saturated rings. The first kappa shape index (κ1) is 14.3. The Morgan fingerprint density at radius 1 is 1.43 bits per heavy atom. The number of thioether (sulfide) groups is 1. The van der Waals surface area contributed by atoms with E-state index in [9.17, 15) is 4.79 Å². The average molecular weight is 318 g/mol. The van der Waals surface area contributed by atoms with Crippen molar-refractivity contribution >= 4 is 39.2 Å². The van der Waals surface area contributed by atoms with Crippen LogP contribution in [0, 0.1) is 11.3 Å². The largest absolute Gasteiger partial charge is 0.342 e. The van der Waals surface area contributed by atoms with Crippen molar-refractivity contribution in [3.63, 3.8) is 0 Å². The number of fused-ring (bicyclic) bond motifs is 3. The first-order valence-electron chi connectivity index (χ1n) is 6.81. The number of amides is 1. The van der Waals surface area contributed by atoms with E-state index in [2.05, 4.69) is 15.3 Å². The van der Waals surface area contributed by atoms with E-state index in [1.54, 1.807) is 17.7 Å². The van der Waals surface area contributed by atoms with Crippen LogP contribution in [0.25, 0.3) is 10.2 Å². The van der Waals surface area contributed by atoms with Crippen LogP contribution in [0.1, 0.15) is 23.3 Å². The van der Waals surface area contributed by atoms with Crippen molar-refractivity contribution in [2.75, 3.05) is 12.3 Å². The van der Waals surface area contributed by atoms with Gasteiger partial charge in [-0.05, 0) is 31.2 Å². The summed E-state index contributed by atoms with van der Waals surface area (Å²) in [5, 5.41) is 13.0. The fourth-order valence-electron chi connectivity index (χ4n) is 2.49. The summed E-state index contributed by atoms with van der Waals surface area (Å²) in [6.07, 6.45) is 6.23. The third kappa shape index (κ3) is 3.01. The molecular formula is C14H14N4OS2. The zero-order chi connectivity index (χ0) is 14.7. The van der Waals surface area contributed by atoms with E-state index in [1.165, 1.54) is 35.0 Å². The number of hydrogen-bond acceptors (Lipinski definition) is 6. The molecule has 1 N–H and O–H groups in total. The Bertz CT molecular complexity index is 720. The molecular weight excluding hydrogens is 304 g/mol. The van der Waals surface area contributed by atoms with E-state index in [0.717, 1.165) is 28.1 Å². The topological polar surface area (TPSA) is 78.7 Å². The van der Waals surface area contributed by atoms with E-state index < -0.39 is 0 Å². The fourth-order valence-corrected chi connectivity index (χ4v) is 4.64. The summed E-state index contributed by atoms with van der Waals surface area (Å²) in [6, 6.07) is 1.90. The first-order chi connectivity index (χ1) is 10.3. The minimum atomic E-state index is -0.141. The van der Waals surface area contributed by atoms with Crippen LogP contribution in [-0.2, 0) is 17.6 Å². The summed E-state index contributed by atoms with van der Waals surface area (Å²) < 4.78 is 0. The number of carbonyl (C=O) groups excluding carboxylic acids is 1. The lowest BCUT2D eigenvalue weighted by Crippen LogP contribution is -2.25. The van der Waals surface area contributed by atoms with E-state index in [4.69, 9.17) is 5.26 Å². The number of nitrogens with one attached hydrogen (secondary N) is 1. The Morgan fingerprint density at radius 2 is 2.29 bits per heavy atom. The summed E-state index contributed by atoms with van der Waals surface area (Å²) in [7, 11) is 0. The van der Waals surface area contributed by atoms with Gasteiger partial charge in [0, 0.05) is 10.3 Å². The molecule has 7 heteroatoms. The van der Waals surface area contributed by atoms with E-state index in [0.29, 0.717) is 0 Å². The molecule has 3 rings (SSSR count). The molecule has 0 aliphatic heterocycles. The van der Waals surface area contributed by atoms with Crippen molar-refractivity contribution in [3.05, 3.63) is 16.8 Å². The molecule has 0 saturated heterocycles. The highest BCUT2D eigenvalue weighted by Gasteiger charge is 2.20. The minimum Gasteiger partial charge on any atom is -0.342 e. The van der Waals surface area contributed by atoms with Gasteiger partial charge in [-0.25, -0.2) is 9.97 Å². The van der Waals surface area contributed by atoms with Gasteiger partial charge in [0.2, 0.25) is 5.91 Å². The molecule has 0 unspecified atom stereocenters. The van der Waals surface area contributed by atoms with Gasteiger partial charge in [0.05, 0.1) is 11.8 Å². The van der Waals surface area contributed by atoms with Gasteiger partial charge in [-0.2, -0.15) is 5.26 Å². The second-order valence-corrected chi connectivity index (χ2v) is 6.84. The van der Waals surface area contributed by atoms with Crippen molar-refractivity contribution in [2.45, 2.75) is 30.7 Å². The zero-order valence-electron chi connectivity index (χ0n) is 11.4. The van der Waals surface area contributed by atoms with Crippen molar-refractivity contribution in [1.29, 1.82) is 5.26 Å². The number of nitriles is 1. The molecule has 0 aromatic carbocycles. The van der Waals surface area contributed by atoms with Crippen molar-refractivity contribution in [1.82, 2.24) is 15.3 Å². The molecule has 21 heavy (non-hydrogen) atoms. The van der Waals surface area contributed by atoms with Gasteiger partial charge in [0.25, 0.3) is 0 Å². The molecule has 1 amide bonds. The number of nitrogens with zero attached hydrogens (tertiary/aromatic N) is 3. The van der Waals surface area contributed by atoms with Gasteiger partial charge in [-0.3, -0.25) is 4.79 Å². The maximum absolute atomic E-state index is 11.6. The Kier molecular flexibility index (Phi) is 4.36. The molecule has 2 aromatic heterocycles. The van der Waals surface area contributed by atoms with Crippen LogP contribution in [0.4, 0.5) is 0 Å². The van der Waals surface area contributed by atoms with E-state index in [1.807, 2.05) is 6.07 Å². The second kappa shape index (κ2) is 6.41. The number of aryl methyl sites for hydroxylation is 2. The fraction of sp³-hybridized carbons (Fsp3) is 0.429. The molecule has 108 valence electrons. The van der Waals surface area contributed by atoms with Gasteiger partial charge in [-0.1, -0.05) is 11.8 Å². The van der Waals surface area contributed by atoms with Crippen LogP contribution >= 0.6 is 23.1 Å². The number of carbonyl (C=O) groups is 1. The van der Waals surface area contributed by atoms with E-state index >= 15 is 0 Å². The van der Waals surface area contributed by atoms with Crippen molar-refractivity contribution in [2.24, 2.45) is 0 Å². The van der Waals surface area contributed by atoms with Crippen LogP contribution in [0.5, 0.6) is 0 Å². The molecule has 1 aliphatic rings. The summed E-state index contributed by atoms with van der Waals surface area (Å²) >= 11 is 3.17. The normalized spacial score (nSPS) is 13.7. The standard InChI is InChI=1S/C14H14N4OS2/c15-5-6-16-11(19)7-20-13-12-9-3-1-2-4-10(9)21-14(12)18-8-17-13/h8H,1-4,6-7H2,(H,16,19). The lowest BCUT2D eigenvalue weighted by molar-refractivity contribution is -0.118. The van der Waals surface area contributed by atoms with Crippen LogP contribution < -0.4 is 5.32 Å². The summed E-state index contributed by atoms with van der Waals surface area (Å²) in [4.78, 5) is 22.8. The SMILES string of the molecule is N#CCNC(=O)CSc1ncnc2sc3c(c12)CCCC3. The quantitative estimate of drug-likeness (QED) is 0.531. The number of rotatable bonds is 4. The molecule has 0 atom stereocenters. The number of aromatic nitrogens is 2. The molecule has 2 aromatic rings. The molecule has 0 bridgehead atoms. The smallest absolute Gasteiger partial charge is 0.231 e. The van der Waals surface area contributed by atoms with Gasteiger partial charge in [0.15, 0.2) is 0 Å². The molecule has 0 spiro atoms. The van der Waals surface area contributed by atoms with Gasteiger partial charge in [0.1, 0.15) is 22.7 Å². The predicted molar refractivity (Wildman–Crippen MR) is 83.4 cm³/mol. The molecule has 2 heterocycles. The maximum Gasteiger partial charge on any atom is 0.231 e. The zero-order valence-corrected chi connectivity index (χ0v) is 13.0. The summed E-state index contributed by atoms with van der Waals surface area (Å²) in [5.41, 5.74) is 1.38. The molecule has 5 nitrogen and oxygen atoms in total. The van der Waals surface area contributed by atoms with Crippen LogP contribution in [0.3, 0.4) is 0 Å². The van der Waals surface area contributed by atoms with Crippen LogP contribution in [0.15, 0.2) is 11.4 Å². The third-order valence-corrected chi connectivity index (χ3v) is 5.61. The first-order valence-corrected chi connectivity index (χ1v) is 8.61. The van der Waals surface area contributed by atoms with E-state index in [-0.39, 0.29) is 18.2 Å². The van der Waals surface area contributed by atoms with Crippen molar-refractivity contribution in [3.8, 4) is 6.07 Å². The van der Waals surface area contributed by atoms with Crippen LogP contribution in [-0.4, -0.2) is 28.2 Å². The Labute approximate surface area is 130 Å². The van der Waals surface area contributed by atoms with Gasteiger partial charge < -0.3 is 5.32 Å². The summed E-state index contributed by atoms with van der Waals surface area (Å²) in [5.74, 6) is 0.135. The molecule has 1 aliphatic carbocycles. The highest BCUT2D eigenvalue weighted by atomic mass is 32.2. The third-order valence-electron chi connectivity index (χ3n) is 3.42. The highest BCUT2D eigenvalue weighted by Crippen LogP contribution is 2.39. The minimum absolute atomic E-state index is 0.0480. The highest BCUT2D eigenvalue weighted by molar-refractivity contribution is 8.00. The van der Waals surface area contributed by atoms with Crippen LogP contribution in [0.2, 0.25) is 0 Å². The number of thiophene rings is 1. The monoisotopic (exact) mass is 318 g/mol. The van der Waals surface area contributed by atoms with Gasteiger partial charge in [-0.15, -0.1) is 11.3 Å². The second-order valence-electron chi connectivity index (χ2n) is 4.79. The molecule has 0 radical (unpaired) electrons. The predicted octanol–water partition coefficient (Wildman–Crippen LogP) is 2.30. The number of hydrogen-bond donors (Lipinski definition) is 1. The Hall–Kier alpha value is -1.65. The lowest BCUT2D eigenvalue weighted by atomic mass is 9.97. The molecule has 0 saturated carbocycles. The average Bonchev–Trinajstić information content (AvgIpc) is 2.90. The lowest BCUT2D eigenvalue weighted by Gasteiger charge is -2.11.